The molecule has 1 N–H and O–H groups in total. The third-order valence-corrected chi connectivity index (χ3v) is 2.24. The van der Waals surface area contributed by atoms with Gasteiger partial charge in [0.25, 0.3) is 0 Å². The normalized spacial score (nSPS) is 26.2. The van der Waals surface area contributed by atoms with Crippen molar-refractivity contribution in [3.8, 4) is 0 Å². The lowest BCUT2D eigenvalue weighted by Crippen LogP contribution is -2.50. The Hall–Kier alpha value is -0.980. The Balaban J connectivity index is 2.92. The summed E-state index contributed by atoms with van der Waals surface area (Å²) in [6, 6.07) is -0.00310. The number of halogens is 1. The second-order valence-corrected chi connectivity index (χ2v) is 2.82. The van der Waals surface area contributed by atoms with E-state index in [2.05, 4.69) is 4.99 Å². The number of alkyl halides is 1. The number of hydrogen-bond acceptors (Lipinski definition) is 4. The molecular weight excluding hydrogens is 198 g/mol. The summed E-state index contributed by atoms with van der Waals surface area (Å²) >= 11 is 5.61. The van der Waals surface area contributed by atoms with Gasteiger partial charge in [0.15, 0.2) is 18.4 Å². The summed E-state index contributed by atoms with van der Waals surface area (Å²) in [6.07, 6.45) is 2.83. The van der Waals surface area contributed by atoms with Crippen LogP contribution in [-0.4, -0.2) is 39.6 Å². The molecule has 1 heterocycles. The summed E-state index contributed by atoms with van der Waals surface area (Å²) in [4.78, 5) is 13.5. The van der Waals surface area contributed by atoms with E-state index in [0.717, 1.165) is 0 Å². The molecule has 72 valence electrons. The zero-order valence-corrected chi connectivity index (χ0v) is 7.52. The smallest absolute Gasteiger partial charge is 0.390 e. The maximum atomic E-state index is 10.5. The average Bonchev–Trinajstić information content (AvgIpc) is 2.50. The van der Waals surface area contributed by atoms with Crippen molar-refractivity contribution in [2.75, 3.05) is 19.2 Å². The molecule has 0 bridgehead atoms. The summed E-state index contributed by atoms with van der Waals surface area (Å²) in [6.45, 7) is -0.0102. The van der Waals surface area contributed by atoms with Crippen LogP contribution in [0.3, 0.4) is 0 Å². The molecule has 0 aromatic carbocycles. The SMILES string of the molecule is O=[N+]([O-])C1=NC=C[N+]1(CCl)CCO. The van der Waals surface area contributed by atoms with E-state index in [1.54, 1.807) is 0 Å². The number of quaternary nitrogens is 1. The number of aliphatic hydroxyl groups is 1. The Labute approximate surface area is 79.5 Å². The first-order valence-corrected chi connectivity index (χ1v) is 4.14. The van der Waals surface area contributed by atoms with Crippen LogP contribution < -0.4 is 0 Å². The summed E-state index contributed by atoms with van der Waals surface area (Å²) in [5, 5.41) is 19.3. The molecule has 7 heteroatoms. The number of nitrogens with zero attached hydrogens (tertiary/aromatic N) is 3. The van der Waals surface area contributed by atoms with E-state index in [1.807, 2.05) is 0 Å². The molecule has 6 nitrogen and oxygen atoms in total. The van der Waals surface area contributed by atoms with E-state index in [-0.39, 0.29) is 29.6 Å². The Morgan fingerprint density at radius 3 is 2.92 bits per heavy atom. The molecule has 0 saturated heterocycles. The number of hydrogen-bond donors (Lipinski definition) is 1. The predicted octanol–water partition coefficient (Wildman–Crippen LogP) is 0.109. The van der Waals surface area contributed by atoms with E-state index in [1.165, 1.54) is 12.4 Å². The van der Waals surface area contributed by atoms with Crippen molar-refractivity contribution < 1.29 is 14.5 Å². The van der Waals surface area contributed by atoms with Gasteiger partial charge in [-0.1, -0.05) is 11.6 Å². The van der Waals surface area contributed by atoms with Crippen LogP contribution in [0.4, 0.5) is 0 Å². The Morgan fingerprint density at radius 1 is 1.77 bits per heavy atom. The monoisotopic (exact) mass is 206 g/mol. The van der Waals surface area contributed by atoms with Crippen LogP contribution in [0.5, 0.6) is 0 Å². The van der Waals surface area contributed by atoms with Gasteiger partial charge in [-0.25, -0.2) is 0 Å². The summed E-state index contributed by atoms with van der Waals surface area (Å²) in [5.74, 6) is -0.246. The standard InChI is InChI=1S/C6H9ClN3O3/c7-5-10(3-4-11)2-1-8-6(10)9(12)13/h1-2,11H,3-5H2/q+1. The maximum absolute atomic E-state index is 10.5. The largest absolute Gasteiger partial charge is 0.544 e. The van der Waals surface area contributed by atoms with Crippen molar-refractivity contribution >= 4 is 17.6 Å². The lowest BCUT2D eigenvalue weighted by molar-refractivity contribution is -0.811. The quantitative estimate of drug-likeness (QED) is 0.234. The lowest BCUT2D eigenvalue weighted by atomic mass is 10.5. The highest BCUT2D eigenvalue weighted by atomic mass is 35.5. The molecule has 0 aromatic heterocycles. The van der Waals surface area contributed by atoms with E-state index in [0.29, 0.717) is 0 Å². The van der Waals surface area contributed by atoms with E-state index >= 15 is 0 Å². The van der Waals surface area contributed by atoms with Crippen molar-refractivity contribution in [3.63, 3.8) is 0 Å². The lowest BCUT2D eigenvalue weighted by Gasteiger charge is -2.22. The number of guanidine groups is 1. The maximum Gasteiger partial charge on any atom is 0.544 e. The minimum absolute atomic E-state index is 0.00310. The number of aliphatic hydroxyl groups excluding tert-OH is 1. The zero-order chi connectivity index (χ0) is 9.90. The van der Waals surface area contributed by atoms with E-state index < -0.39 is 4.92 Å². The minimum atomic E-state index is -0.585. The van der Waals surface area contributed by atoms with Gasteiger partial charge in [0.1, 0.15) is 6.54 Å². The van der Waals surface area contributed by atoms with Crippen molar-refractivity contribution in [2.24, 2.45) is 4.99 Å². The fraction of sp³-hybridized carbons (Fsp3) is 0.500. The van der Waals surface area contributed by atoms with Gasteiger partial charge < -0.3 is 15.2 Å². The Kier molecular flexibility index (Phi) is 2.97. The molecule has 1 aliphatic rings. The van der Waals surface area contributed by atoms with Gasteiger partial charge in [0, 0.05) is 9.92 Å². The molecule has 0 radical (unpaired) electrons. The molecule has 0 aliphatic carbocycles. The first-order valence-electron chi connectivity index (χ1n) is 3.60. The molecule has 1 aliphatic heterocycles. The second-order valence-electron chi connectivity index (χ2n) is 2.59. The van der Waals surface area contributed by atoms with Gasteiger partial charge in [-0.05, 0) is 0 Å². The zero-order valence-electron chi connectivity index (χ0n) is 6.76. The summed E-state index contributed by atoms with van der Waals surface area (Å²) in [5.41, 5.74) is 0. The van der Waals surface area contributed by atoms with Crippen LogP contribution in [0, 0.1) is 10.1 Å². The number of aliphatic imine (C=N–C) groups is 1. The Morgan fingerprint density at radius 2 is 2.46 bits per heavy atom. The molecule has 1 atom stereocenters. The Bertz CT molecular complexity index is 278. The topological polar surface area (TPSA) is 75.7 Å². The van der Waals surface area contributed by atoms with Gasteiger partial charge >= 0.3 is 5.96 Å². The first-order chi connectivity index (χ1) is 6.16. The van der Waals surface area contributed by atoms with Gasteiger partial charge in [-0.3, -0.25) is 0 Å². The molecule has 0 fully saturated rings. The predicted molar refractivity (Wildman–Crippen MR) is 46.5 cm³/mol. The van der Waals surface area contributed by atoms with E-state index in [9.17, 15) is 10.1 Å². The summed E-state index contributed by atoms with van der Waals surface area (Å²) in [7, 11) is 0. The third-order valence-electron chi connectivity index (χ3n) is 1.82. The molecule has 0 spiro atoms. The average molecular weight is 207 g/mol. The fourth-order valence-electron chi connectivity index (χ4n) is 1.13. The highest BCUT2D eigenvalue weighted by Gasteiger charge is 2.44. The summed E-state index contributed by atoms with van der Waals surface area (Å²) < 4.78 is -0.203. The third kappa shape index (κ3) is 1.69. The van der Waals surface area contributed by atoms with Gasteiger partial charge in [0.2, 0.25) is 0 Å². The molecule has 0 saturated carbocycles. The molecule has 0 aromatic rings. The van der Waals surface area contributed by atoms with Crippen molar-refractivity contribution in [1.82, 2.24) is 0 Å². The van der Waals surface area contributed by atoms with Crippen LogP contribution in [0.2, 0.25) is 0 Å². The number of nitro groups is 1. The van der Waals surface area contributed by atoms with Gasteiger partial charge in [-0.2, -0.15) is 4.48 Å². The van der Waals surface area contributed by atoms with Gasteiger partial charge in [0.05, 0.1) is 6.61 Å². The molecule has 1 rings (SSSR count). The van der Waals surface area contributed by atoms with Crippen LogP contribution in [0.15, 0.2) is 17.4 Å². The molecular formula is C6H9ClN3O3+. The van der Waals surface area contributed by atoms with Crippen LogP contribution in [-0.2, 0) is 0 Å². The van der Waals surface area contributed by atoms with Crippen molar-refractivity contribution in [3.05, 3.63) is 22.5 Å². The minimum Gasteiger partial charge on any atom is -0.390 e. The molecule has 0 amide bonds. The highest BCUT2D eigenvalue weighted by molar-refractivity contribution is 6.17. The first kappa shape index (κ1) is 10.1. The highest BCUT2D eigenvalue weighted by Crippen LogP contribution is 2.17. The van der Waals surface area contributed by atoms with Gasteiger partial charge in [-0.15, -0.1) is 0 Å². The van der Waals surface area contributed by atoms with Crippen LogP contribution in [0.25, 0.3) is 0 Å². The van der Waals surface area contributed by atoms with E-state index in [4.69, 9.17) is 16.7 Å². The molecule has 1 unspecified atom stereocenters. The number of rotatable bonds is 3. The fourth-order valence-corrected chi connectivity index (χ4v) is 1.43. The second kappa shape index (κ2) is 3.82. The van der Waals surface area contributed by atoms with Crippen LogP contribution >= 0.6 is 11.6 Å². The van der Waals surface area contributed by atoms with Crippen LogP contribution in [0.1, 0.15) is 0 Å². The molecule has 13 heavy (non-hydrogen) atoms. The van der Waals surface area contributed by atoms with Crippen molar-refractivity contribution in [1.29, 1.82) is 0 Å². The van der Waals surface area contributed by atoms with Crippen molar-refractivity contribution in [2.45, 2.75) is 0 Å².